The summed E-state index contributed by atoms with van der Waals surface area (Å²) < 4.78 is 0. The minimum atomic E-state index is -1.87. The van der Waals surface area contributed by atoms with Gasteiger partial charge < -0.3 is 14.7 Å². The molecule has 0 spiro atoms. The number of nitrogens with zero attached hydrogens (tertiary/aromatic N) is 3. The predicted molar refractivity (Wildman–Crippen MR) is 263 cm³/mol. The van der Waals surface area contributed by atoms with Crippen LogP contribution in [0.3, 0.4) is 0 Å². The monoisotopic (exact) mass is 813 g/mol. The molecule has 0 saturated carbocycles. The largest absolute Gasteiger partial charge is 0.311 e. The second-order valence-electron chi connectivity index (χ2n) is 16.7. The summed E-state index contributed by atoms with van der Waals surface area (Å²) in [6, 6.07) is 79.5. The Bertz CT molecular complexity index is 3090. The van der Waals surface area contributed by atoms with Gasteiger partial charge in [-0.2, -0.15) is 0 Å². The van der Waals surface area contributed by atoms with Crippen molar-refractivity contribution in [3.05, 3.63) is 229 Å². The smallest absolute Gasteiger partial charge is 0.252 e. The molecule has 0 fully saturated rings. The molecule has 0 aliphatic carbocycles. The van der Waals surface area contributed by atoms with E-state index in [0.717, 1.165) is 11.4 Å². The van der Waals surface area contributed by atoms with Gasteiger partial charge in [-0.05, 0) is 139 Å². The molecule has 0 unspecified atom stereocenters. The van der Waals surface area contributed by atoms with Crippen molar-refractivity contribution in [1.82, 2.24) is 0 Å². The van der Waals surface area contributed by atoms with Gasteiger partial charge in [0.1, 0.15) is 0 Å². The number of rotatable bonds is 5. The van der Waals surface area contributed by atoms with E-state index in [0.29, 0.717) is 0 Å². The molecule has 3 aliphatic rings. The number of fused-ring (bicyclic) bond motifs is 6. The van der Waals surface area contributed by atoms with E-state index in [9.17, 15) is 0 Å². The van der Waals surface area contributed by atoms with Crippen LogP contribution in [0.5, 0.6) is 0 Å². The maximum absolute atomic E-state index is 2.58. The van der Waals surface area contributed by atoms with Crippen molar-refractivity contribution in [1.29, 1.82) is 0 Å². The molecule has 3 heterocycles. The molecule has 0 radical (unpaired) electrons. The molecule has 296 valence electrons. The van der Waals surface area contributed by atoms with Crippen molar-refractivity contribution in [2.24, 2.45) is 0 Å². The number of aryl methyl sites for hydroxylation is 3. The maximum Gasteiger partial charge on any atom is 0.252 e. The fraction of sp³-hybridized carbons (Fsp3) is 0.0526. The Balaban J connectivity index is 1.14. The normalized spacial score (nSPS) is 14.6. The molecule has 3 nitrogen and oxygen atoms in total. The zero-order chi connectivity index (χ0) is 41.5. The molecule has 9 aromatic carbocycles. The Kier molecular flexibility index (Phi) is 8.38. The third-order valence-electron chi connectivity index (χ3n) is 13.1. The summed E-state index contributed by atoms with van der Waals surface area (Å²) in [4.78, 5) is 12.9. The van der Waals surface area contributed by atoms with Gasteiger partial charge in [0.2, 0.25) is 0 Å². The molecule has 62 heavy (non-hydrogen) atoms. The Morgan fingerprint density at radius 1 is 0.355 bits per heavy atom. The minimum absolute atomic E-state index is 0.0397. The summed E-state index contributed by atoms with van der Waals surface area (Å²) in [6.07, 6.45) is 0. The lowest BCUT2D eigenvalue weighted by Gasteiger charge is -2.50. The standard InChI is InChI=1S/C57H44BN3S/c1-39-36-40(2)57(41(3)37-39)61-52-31-19-30-51-56(52)58(46-26-13-14-27-48(46)59(51)42-20-7-4-8-21-42)47-35-34-43(38-53(47)61)60-49-28-15-17-32-54(49)62(44-22-9-5-10-23-44,45-24-11-6-12-25-45)55-33-18-16-29-50(55)60/h4-38H,1-3H3. The average Bonchev–Trinajstić information content (AvgIpc) is 3.32. The van der Waals surface area contributed by atoms with Crippen molar-refractivity contribution in [2.45, 2.75) is 40.4 Å². The summed E-state index contributed by atoms with van der Waals surface area (Å²) in [7, 11) is -1.87. The molecule has 3 aliphatic heterocycles. The van der Waals surface area contributed by atoms with Gasteiger partial charge in [0, 0.05) is 53.7 Å². The van der Waals surface area contributed by atoms with E-state index in [1.165, 1.54) is 92.5 Å². The van der Waals surface area contributed by atoms with E-state index in [-0.39, 0.29) is 6.71 Å². The van der Waals surface area contributed by atoms with Crippen LogP contribution in [0.1, 0.15) is 16.7 Å². The van der Waals surface area contributed by atoms with Crippen LogP contribution in [-0.2, 0) is 0 Å². The lowest BCUT2D eigenvalue weighted by atomic mass is 9.33. The maximum atomic E-state index is 2.58. The van der Waals surface area contributed by atoms with Crippen molar-refractivity contribution >= 4 is 84.3 Å². The van der Waals surface area contributed by atoms with E-state index < -0.39 is 10.0 Å². The molecule has 0 bridgehead atoms. The van der Waals surface area contributed by atoms with Gasteiger partial charge in [-0.1, -0.05) is 127 Å². The molecule has 0 saturated heterocycles. The number of hydrogen-bond donors (Lipinski definition) is 0. The van der Waals surface area contributed by atoms with Crippen molar-refractivity contribution in [3.63, 3.8) is 0 Å². The van der Waals surface area contributed by atoms with E-state index >= 15 is 0 Å². The van der Waals surface area contributed by atoms with Gasteiger partial charge >= 0.3 is 0 Å². The molecule has 0 atom stereocenters. The molecule has 12 rings (SSSR count). The third kappa shape index (κ3) is 5.22. The SMILES string of the molecule is Cc1cc(C)c(N2c3cc(N4c5ccccc5S(c5ccccc5)(c5ccccc5)c5ccccc54)ccc3B3c4ccccc4N(c4ccccc4)c4cccc2c43)c(C)c1. The highest BCUT2D eigenvalue weighted by Crippen LogP contribution is 2.79. The molecule has 0 N–H and O–H groups in total. The van der Waals surface area contributed by atoms with Crippen LogP contribution in [0.25, 0.3) is 0 Å². The van der Waals surface area contributed by atoms with Crippen molar-refractivity contribution in [3.8, 4) is 0 Å². The molecule has 5 heteroatoms. The molecular weight excluding hydrogens is 770 g/mol. The van der Waals surface area contributed by atoms with Crippen LogP contribution in [-0.4, -0.2) is 6.71 Å². The third-order valence-corrected chi connectivity index (χ3v) is 17.1. The van der Waals surface area contributed by atoms with Gasteiger partial charge in [0.15, 0.2) is 0 Å². The van der Waals surface area contributed by atoms with Crippen molar-refractivity contribution < 1.29 is 0 Å². The van der Waals surface area contributed by atoms with Gasteiger partial charge in [-0.25, -0.2) is 0 Å². The van der Waals surface area contributed by atoms with Gasteiger partial charge in [0.25, 0.3) is 6.71 Å². The number of para-hydroxylation sites is 4. The Morgan fingerprint density at radius 2 is 0.823 bits per heavy atom. The van der Waals surface area contributed by atoms with E-state index in [1.807, 2.05) is 0 Å². The first-order valence-electron chi connectivity index (χ1n) is 21.5. The zero-order valence-corrected chi connectivity index (χ0v) is 35.9. The topological polar surface area (TPSA) is 9.72 Å². The number of hydrogen-bond acceptors (Lipinski definition) is 3. The summed E-state index contributed by atoms with van der Waals surface area (Å²) in [5, 5.41) is 0. The van der Waals surface area contributed by atoms with Crippen LogP contribution in [0.2, 0.25) is 0 Å². The highest BCUT2D eigenvalue weighted by atomic mass is 32.3. The van der Waals surface area contributed by atoms with Gasteiger partial charge in [-0.15, -0.1) is 10.0 Å². The van der Waals surface area contributed by atoms with E-state index in [4.69, 9.17) is 0 Å². The summed E-state index contributed by atoms with van der Waals surface area (Å²) >= 11 is 0. The van der Waals surface area contributed by atoms with E-state index in [1.54, 1.807) is 0 Å². The Labute approximate surface area is 366 Å². The van der Waals surface area contributed by atoms with Crippen LogP contribution in [0.4, 0.5) is 51.2 Å². The summed E-state index contributed by atoms with van der Waals surface area (Å²) in [5.41, 5.74) is 18.6. The lowest BCUT2D eigenvalue weighted by molar-refractivity contribution is 1.12. The second kappa shape index (κ2) is 14.2. The number of benzene rings is 9. The predicted octanol–water partition coefficient (Wildman–Crippen LogP) is 13.8. The van der Waals surface area contributed by atoms with Crippen LogP contribution < -0.4 is 31.1 Å². The molecule has 0 amide bonds. The van der Waals surface area contributed by atoms with Gasteiger partial charge in [-0.3, -0.25) is 0 Å². The number of anilines is 9. The minimum Gasteiger partial charge on any atom is -0.311 e. The summed E-state index contributed by atoms with van der Waals surface area (Å²) in [6.45, 7) is 6.80. The quantitative estimate of drug-likeness (QED) is 0.160. The van der Waals surface area contributed by atoms with E-state index in [2.05, 4.69) is 248 Å². The molecule has 0 aromatic heterocycles. The Hall–Kier alpha value is -7.21. The second-order valence-corrected chi connectivity index (χ2v) is 19.8. The molecule has 9 aromatic rings. The van der Waals surface area contributed by atoms with Crippen LogP contribution in [0, 0.1) is 20.8 Å². The van der Waals surface area contributed by atoms with Crippen LogP contribution in [0.15, 0.2) is 232 Å². The zero-order valence-electron chi connectivity index (χ0n) is 35.0. The lowest BCUT2D eigenvalue weighted by Crippen LogP contribution is -2.61. The van der Waals surface area contributed by atoms with Crippen molar-refractivity contribution in [2.75, 3.05) is 14.7 Å². The first kappa shape index (κ1) is 36.6. The fourth-order valence-electron chi connectivity index (χ4n) is 10.9. The van der Waals surface area contributed by atoms with Crippen LogP contribution >= 0.6 is 10.0 Å². The highest BCUT2D eigenvalue weighted by Gasteiger charge is 2.45. The first-order valence-corrected chi connectivity index (χ1v) is 23.2. The Morgan fingerprint density at radius 3 is 1.44 bits per heavy atom. The summed E-state index contributed by atoms with van der Waals surface area (Å²) in [5.74, 6) is 0. The first-order chi connectivity index (χ1) is 30.5. The molecular formula is C57H44BN3S. The van der Waals surface area contributed by atoms with Gasteiger partial charge in [0.05, 0.1) is 17.1 Å². The average molecular weight is 814 g/mol. The fourth-order valence-corrected chi connectivity index (χ4v) is 15.0. The highest BCUT2D eigenvalue weighted by molar-refractivity contribution is 8.34.